The maximum absolute atomic E-state index is 11.6. The van der Waals surface area contributed by atoms with Crippen molar-refractivity contribution in [1.29, 1.82) is 0 Å². The summed E-state index contributed by atoms with van der Waals surface area (Å²) in [5.41, 5.74) is 0. The van der Waals surface area contributed by atoms with E-state index in [2.05, 4.69) is 15.4 Å². The maximum Gasteiger partial charge on any atom is 0.221 e. The van der Waals surface area contributed by atoms with E-state index in [1.807, 2.05) is 20.2 Å². The molecule has 0 bridgehead atoms. The molecule has 0 radical (unpaired) electrons. The topological polar surface area (TPSA) is 59.8 Å². The molecule has 0 aliphatic heterocycles. The van der Waals surface area contributed by atoms with Crippen LogP contribution in [0.25, 0.3) is 0 Å². The first-order valence-electron chi connectivity index (χ1n) is 5.31. The SMILES string of the molecule is CC[C@H](NC(=O)CCSC)c1ncnn1C. The molecule has 1 rings (SSSR count). The third-order valence-corrected chi connectivity index (χ3v) is 2.95. The van der Waals surface area contributed by atoms with Crippen molar-refractivity contribution in [2.75, 3.05) is 12.0 Å². The number of nitrogens with zero attached hydrogens (tertiary/aromatic N) is 3. The Morgan fingerprint density at radius 3 is 2.94 bits per heavy atom. The van der Waals surface area contributed by atoms with Gasteiger partial charge in [-0.15, -0.1) is 0 Å². The van der Waals surface area contributed by atoms with Crippen LogP contribution in [0.1, 0.15) is 31.6 Å². The van der Waals surface area contributed by atoms with Crippen molar-refractivity contribution in [2.24, 2.45) is 7.05 Å². The Bertz CT molecular complexity index is 339. The van der Waals surface area contributed by atoms with Crippen LogP contribution in [-0.2, 0) is 11.8 Å². The van der Waals surface area contributed by atoms with Gasteiger partial charge in [-0.25, -0.2) is 4.98 Å². The van der Waals surface area contributed by atoms with E-state index in [9.17, 15) is 4.79 Å². The van der Waals surface area contributed by atoms with Crippen molar-refractivity contribution in [3.05, 3.63) is 12.2 Å². The standard InChI is InChI=1S/C10H18N4OS/c1-4-8(10-11-7-12-14(10)2)13-9(15)5-6-16-3/h7-8H,4-6H2,1-3H3,(H,13,15)/t8-/m0/s1. The van der Waals surface area contributed by atoms with Crippen LogP contribution in [0.3, 0.4) is 0 Å². The van der Waals surface area contributed by atoms with Crippen LogP contribution < -0.4 is 5.32 Å². The van der Waals surface area contributed by atoms with Crippen molar-refractivity contribution in [2.45, 2.75) is 25.8 Å². The minimum Gasteiger partial charge on any atom is -0.346 e. The fourth-order valence-electron chi connectivity index (χ4n) is 1.43. The van der Waals surface area contributed by atoms with E-state index in [4.69, 9.17) is 0 Å². The monoisotopic (exact) mass is 242 g/mol. The van der Waals surface area contributed by atoms with Crippen molar-refractivity contribution in [3.63, 3.8) is 0 Å². The first-order chi connectivity index (χ1) is 7.69. The third kappa shape index (κ3) is 3.52. The van der Waals surface area contributed by atoms with Gasteiger partial charge in [0.15, 0.2) is 0 Å². The molecule has 1 aromatic rings. The largest absolute Gasteiger partial charge is 0.346 e. The summed E-state index contributed by atoms with van der Waals surface area (Å²) < 4.78 is 1.70. The van der Waals surface area contributed by atoms with E-state index in [1.165, 1.54) is 6.33 Å². The number of hydrogen-bond donors (Lipinski definition) is 1. The van der Waals surface area contributed by atoms with Crippen LogP contribution >= 0.6 is 11.8 Å². The average molecular weight is 242 g/mol. The predicted molar refractivity (Wildman–Crippen MR) is 65.2 cm³/mol. The second-order valence-corrected chi connectivity index (χ2v) is 4.50. The highest BCUT2D eigenvalue weighted by Gasteiger charge is 2.16. The first kappa shape index (κ1) is 13.0. The summed E-state index contributed by atoms with van der Waals surface area (Å²) >= 11 is 1.67. The lowest BCUT2D eigenvalue weighted by atomic mass is 10.2. The summed E-state index contributed by atoms with van der Waals surface area (Å²) in [6.45, 7) is 2.02. The number of carbonyl (C=O) groups excluding carboxylic acids is 1. The van der Waals surface area contributed by atoms with Crippen molar-refractivity contribution in [1.82, 2.24) is 20.1 Å². The van der Waals surface area contributed by atoms with Crippen LogP contribution in [0.2, 0.25) is 0 Å². The van der Waals surface area contributed by atoms with Crippen molar-refractivity contribution < 1.29 is 4.79 Å². The molecule has 0 saturated heterocycles. The van der Waals surface area contributed by atoms with Gasteiger partial charge in [0.1, 0.15) is 12.2 Å². The summed E-state index contributed by atoms with van der Waals surface area (Å²) in [6.07, 6.45) is 4.87. The zero-order chi connectivity index (χ0) is 12.0. The van der Waals surface area contributed by atoms with E-state index in [0.29, 0.717) is 6.42 Å². The van der Waals surface area contributed by atoms with Gasteiger partial charge in [0.25, 0.3) is 0 Å². The lowest BCUT2D eigenvalue weighted by molar-refractivity contribution is -0.121. The molecule has 6 heteroatoms. The molecule has 0 spiro atoms. The Labute approximate surface area is 100 Å². The van der Waals surface area contributed by atoms with E-state index < -0.39 is 0 Å². The lowest BCUT2D eigenvalue weighted by Gasteiger charge is -2.15. The summed E-state index contributed by atoms with van der Waals surface area (Å²) in [5.74, 6) is 1.73. The molecular weight excluding hydrogens is 224 g/mol. The number of carbonyl (C=O) groups is 1. The second kappa shape index (κ2) is 6.52. The van der Waals surface area contributed by atoms with E-state index in [0.717, 1.165) is 18.0 Å². The zero-order valence-electron chi connectivity index (χ0n) is 9.93. The maximum atomic E-state index is 11.6. The molecule has 90 valence electrons. The molecule has 0 fully saturated rings. The molecule has 16 heavy (non-hydrogen) atoms. The number of amides is 1. The van der Waals surface area contributed by atoms with Crippen molar-refractivity contribution >= 4 is 17.7 Å². The minimum absolute atomic E-state index is 0.0399. The Morgan fingerprint density at radius 2 is 2.44 bits per heavy atom. The number of aryl methyl sites for hydroxylation is 1. The molecule has 0 unspecified atom stereocenters. The highest BCUT2D eigenvalue weighted by Crippen LogP contribution is 2.12. The molecule has 0 saturated carbocycles. The number of thioether (sulfide) groups is 1. The molecular formula is C10H18N4OS. The molecule has 1 heterocycles. The number of nitrogens with one attached hydrogen (secondary N) is 1. The van der Waals surface area contributed by atoms with E-state index in [1.54, 1.807) is 16.4 Å². The third-order valence-electron chi connectivity index (χ3n) is 2.33. The van der Waals surface area contributed by atoms with E-state index >= 15 is 0 Å². The zero-order valence-corrected chi connectivity index (χ0v) is 10.8. The van der Waals surface area contributed by atoms with Crippen LogP contribution in [0, 0.1) is 0 Å². The molecule has 5 nitrogen and oxygen atoms in total. The second-order valence-electron chi connectivity index (χ2n) is 3.51. The normalized spacial score (nSPS) is 12.4. The Hall–Kier alpha value is -1.04. The molecule has 0 aliphatic carbocycles. The van der Waals surface area contributed by atoms with Gasteiger partial charge in [-0.1, -0.05) is 6.92 Å². The molecule has 0 aromatic carbocycles. The van der Waals surface area contributed by atoms with Gasteiger partial charge in [-0.3, -0.25) is 9.48 Å². The van der Waals surface area contributed by atoms with Gasteiger partial charge >= 0.3 is 0 Å². The van der Waals surface area contributed by atoms with Crippen LogP contribution in [-0.4, -0.2) is 32.7 Å². The number of hydrogen-bond acceptors (Lipinski definition) is 4. The molecule has 1 atom stereocenters. The fraction of sp³-hybridized carbons (Fsp3) is 0.700. The summed E-state index contributed by atoms with van der Waals surface area (Å²) in [5, 5.41) is 6.97. The van der Waals surface area contributed by atoms with E-state index in [-0.39, 0.29) is 11.9 Å². The number of aromatic nitrogens is 3. The van der Waals surface area contributed by atoms with Gasteiger partial charge in [0.2, 0.25) is 5.91 Å². The summed E-state index contributed by atoms with van der Waals surface area (Å²) in [4.78, 5) is 15.7. The Kier molecular flexibility index (Phi) is 5.31. The predicted octanol–water partition coefficient (Wildman–Crippen LogP) is 1.14. The van der Waals surface area contributed by atoms with Crippen LogP contribution in [0.15, 0.2) is 6.33 Å². The average Bonchev–Trinajstić information content (AvgIpc) is 2.69. The van der Waals surface area contributed by atoms with Gasteiger partial charge in [-0.05, 0) is 12.7 Å². The lowest BCUT2D eigenvalue weighted by Crippen LogP contribution is -2.30. The quantitative estimate of drug-likeness (QED) is 0.812. The van der Waals surface area contributed by atoms with Gasteiger partial charge in [0, 0.05) is 19.2 Å². The molecule has 1 aromatic heterocycles. The van der Waals surface area contributed by atoms with Crippen LogP contribution in [0.5, 0.6) is 0 Å². The fourth-order valence-corrected chi connectivity index (χ4v) is 1.82. The summed E-state index contributed by atoms with van der Waals surface area (Å²) in [7, 11) is 1.83. The first-order valence-corrected chi connectivity index (χ1v) is 6.70. The molecule has 0 aliphatic rings. The molecule has 1 amide bonds. The highest BCUT2D eigenvalue weighted by molar-refractivity contribution is 7.98. The summed E-state index contributed by atoms with van der Waals surface area (Å²) in [6, 6.07) is -0.0399. The molecule has 1 N–H and O–H groups in total. The smallest absolute Gasteiger partial charge is 0.221 e. The van der Waals surface area contributed by atoms with Gasteiger partial charge in [-0.2, -0.15) is 16.9 Å². The van der Waals surface area contributed by atoms with Crippen LogP contribution in [0.4, 0.5) is 0 Å². The van der Waals surface area contributed by atoms with Gasteiger partial charge < -0.3 is 5.32 Å². The minimum atomic E-state index is -0.0399. The number of rotatable bonds is 6. The van der Waals surface area contributed by atoms with Gasteiger partial charge in [0.05, 0.1) is 6.04 Å². The Balaban J connectivity index is 2.56. The Morgan fingerprint density at radius 1 is 1.69 bits per heavy atom. The highest BCUT2D eigenvalue weighted by atomic mass is 32.2. The van der Waals surface area contributed by atoms with Crippen molar-refractivity contribution in [3.8, 4) is 0 Å².